The fraction of sp³-hybridized carbons (Fsp3) is 0.556. The first-order valence-electron chi connectivity index (χ1n) is 3.86. The van der Waals surface area contributed by atoms with Crippen molar-refractivity contribution in [2.45, 2.75) is 26.7 Å². The van der Waals surface area contributed by atoms with Crippen LogP contribution in [0.1, 0.15) is 23.5 Å². The van der Waals surface area contributed by atoms with Gasteiger partial charge in [-0.2, -0.15) is 0 Å². The maximum Gasteiger partial charge on any atom is 0.104 e. The molecule has 0 saturated carbocycles. The molecule has 0 N–H and O–H groups in total. The van der Waals surface area contributed by atoms with Crippen LogP contribution in [0.4, 0.5) is 0 Å². The first-order chi connectivity index (χ1) is 5.24. The van der Waals surface area contributed by atoms with Crippen LogP contribution in [0.3, 0.4) is 0 Å². The van der Waals surface area contributed by atoms with Gasteiger partial charge >= 0.3 is 0 Å². The zero-order chi connectivity index (χ0) is 8.27. The average molecular weight is 217 g/mol. The van der Waals surface area contributed by atoms with Crippen LogP contribution in [0.5, 0.6) is 0 Å². The number of rotatable bonds is 3. The minimum Gasteiger partial charge on any atom is -0.466 e. The van der Waals surface area contributed by atoms with Gasteiger partial charge in [-0.3, -0.25) is 0 Å². The van der Waals surface area contributed by atoms with Gasteiger partial charge in [0.05, 0.1) is 0 Å². The smallest absolute Gasteiger partial charge is 0.104 e. The van der Waals surface area contributed by atoms with Crippen LogP contribution in [0, 0.1) is 13.8 Å². The maximum atomic E-state index is 5.40. The molecule has 1 heterocycles. The third-order valence-corrected chi connectivity index (χ3v) is 2.28. The molecule has 62 valence electrons. The third kappa shape index (κ3) is 2.37. The Balaban J connectivity index is 2.62. The van der Waals surface area contributed by atoms with Gasteiger partial charge in [0.25, 0.3) is 0 Å². The molecule has 0 aromatic carbocycles. The van der Waals surface area contributed by atoms with E-state index in [1.165, 1.54) is 12.0 Å². The molecule has 0 amide bonds. The molecular weight excluding hydrogens is 204 g/mol. The Morgan fingerprint density at radius 1 is 1.45 bits per heavy atom. The highest BCUT2D eigenvalue weighted by Gasteiger charge is 2.02. The molecule has 1 aromatic heterocycles. The Bertz CT molecular complexity index is 227. The van der Waals surface area contributed by atoms with E-state index < -0.39 is 0 Å². The summed E-state index contributed by atoms with van der Waals surface area (Å²) in [6.07, 6.45) is 2.30. The number of furan rings is 1. The van der Waals surface area contributed by atoms with E-state index in [9.17, 15) is 0 Å². The highest BCUT2D eigenvalue weighted by Crippen LogP contribution is 2.15. The third-order valence-electron chi connectivity index (χ3n) is 1.72. The Hall–Kier alpha value is -0.240. The molecule has 0 fully saturated rings. The monoisotopic (exact) mass is 216 g/mol. The second kappa shape index (κ2) is 3.96. The molecule has 0 aliphatic rings. The SMILES string of the molecule is Cc1cc(CCCBr)c(C)o1. The van der Waals surface area contributed by atoms with Crippen LogP contribution in [-0.4, -0.2) is 5.33 Å². The Morgan fingerprint density at radius 2 is 2.18 bits per heavy atom. The fourth-order valence-corrected chi connectivity index (χ4v) is 1.47. The van der Waals surface area contributed by atoms with Gasteiger partial charge in [-0.15, -0.1) is 0 Å². The van der Waals surface area contributed by atoms with Gasteiger partial charge in [0.15, 0.2) is 0 Å². The summed E-state index contributed by atoms with van der Waals surface area (Å²) in [5.41, 5.74) is 1.35. The van der Waals surface area contributed by atoms with Crippen LogP contribution in [0.15, 0.2) is 10.5 Å². The molecule has 0 spiro atoms. The summed E-state index contributed by atoms with van der Waals surface area (Å²) in [7, 11) is 0. The first-order valence-corrected chi connectivity index (χ1v) is 4.98. The largest absolute Gasteiger partial charge is 0.466 e. The number of halogens is 1. The zero-order valence-electron chi connectivity index (χ0n) is 6.98. The van der Waals surface area contributed by atoms with Crippen LogP contribution in [-0.2, 0) is 6.42 Å². The normalized spacial score (nSPS) is 10.5. The number of hydrogen-bond acceptors (Lipinski definition) is 1. The van der Waals surface area contributed by atoms with Gasteiger partial charge < -0.3 is 4.42 Å². The van der Waals surface area contributed by atoms with E-state index in [0.29, 0.717) is 0 Å². The molecule has 0 aliphatic heterocycles. The lowest BCUT2D eigenvalue weighted by molar-refractivity contribution is 0.501. The summed E-state index contributed by atoms with van der Waals surface area (Å²) in [6.45, 7) is 4.02. The molecule has 1 aromatic rings. The molecule has 0 unspecified atom stereocenters. The Labute approximate surface area is 75.9 Å². The van der Waals surface area contributed by atoms with E-state index >= 15 is 0 Å². The van der Waals surface area contributed by atoms with Crippen LogP contribution in [0.2, 0.25) is 0 Å². The van der Waals surface area contributed by atoms with Crippen molar-refractivity contribution in [1.29, 1.82) is 0 Å². The summed E-state index contributed by atoms with van der Waals surface area (Å²) in [5.74, 6) is 2.09. The predicted octanol–water partition coefficient (Wildman–Crippen LogP) is 3.22. The summed E-state index contributed by atoms with van der Waals surface area (Å²) in [6, 6.07) is 2.12. The quantitative estimate of drug-likeness (QED) is 0.708. The van der Waals surface area contributed by atoms with Crippen LogP contribution < -0.4 is 0 Å². The van der Waals surface area contributed by atoms with E-state index in [1.807, 2.05) is 13.8 Å². The minimum atomic E-state index is 1.02. The Kier molecular flexibility index (Phi) is 3.18. The van der Waals surface area contributed by atoms with Crippen molar-refractivity contribution in [3.05, 3.63) is 23.2 Å². The van der Waals surface area contributed by atoms with Crippen LogP contribution in [0.25, 0.3) is 0 Å². The standard InChI is InChI=1S/C9H13BrO/c1-7-6-9(4-3-5-10)8(2)11-7/h6H,3-5H2,1-2H3. The van der Waals surface area contributed by atoms with E-state index in [2.05, 4.69) is 22.0 Å². The molecule has 0 bridgehead atoms. The summed E-state index contributed by atoms with van der Waals surface area (Å²) >= 11 is 3.41. The van der Waals surface area contributed by atoms with Crippen molar-refractivity contribution in [1.82, 2.24) is 0 Å². The second-order valence-corrected chi connectivity index (χ2v) is 3.52. The van der Waals surface area contributed by atoms with Crippen molar-refractivity contribution in [2.75, 3.05) is 5.33 Å². The summed E-state index contributed by atoms with van der Waals surface area (Å²) in [4.78, 5) is 0. The molecule has 0 aliphatic carbocycles. The van der Waals surface area contributed by atoms with Crippen molar-refractivity contribution >= 4 is 15.9 Å². The lowest BCUT2D eigenvalue weighted by Gasteiger charge is -1.93. The molecule has 2 heteroatoms. The van der Waals surface area contributed by atoms with Crippen molar-refractivity contribution in [3.63, 3.8) is 0 Å². The van der Waals surface area contributed by atoms with E-state index in [4.69, 9.17) is 4.42 Å². The van der Waals surface area contributed by atoms with Gasteiger partial charge in [-0.1, -0.05) is 15.9 Å². The lowest BCUT2D eigenvalue weighted by Crippen LogP contribution is -1.84. The van der Waals surface area contributed by atoms with Gasteiger partial charge in [0.2, 0.25) is 0 Å². The van der Waals surface area contributed by atoms with Gasteiger partial charge in [-0.05, 0) is 38.3 Å². The highest BCUT2D eigenvalue weighted by molar-refractivity contribution is 9.09. The minimum absolute atomic E-state index is 1.02. The molecular formula is C9H13BrO. The van der Waals surface area contributed by atoms with Gasteiger partial charge in [0, 0.05) is 5.33 Å². The highest BCUT2D eigenvalue weighted by atomic mass is 79.9. The van der Waals surface area contributed by atoms with Gasteiger partial charge in [-0.25, -0.2) is 0 Å². The topological polar surface area (TPSA) is 13.1 Å². The first kappa shape index (κ1) is 8.85. The van der Waals surface area contributed by atoms with E-state index in [1.54, 1.807) is 0 Å². The number of alkyl halides is 1. The maximum absolute atomic E-state index is 5.40. The van der Waals surface area contributed by atoms with Crippen molar-refractivity contribution < 1.29 is 4.42 Å². The number of hydrogen-bond donors (Lipinski definition) is 0. The van der Waals surface area contributed by atoms with Gasteiger partial charge in [0.1, 0.15) is 11.5 Å². The fourth-order valence-electron chi connectivity index (χ4n) is 1.19. The molecule has 0 atom stereocenters. The van der Waals surface area contributed by atoms with Crippen molar-refractivity contribution in [3.8, 4) is 0 Å². The molecule has 0 saturated heterocycles. The Morgan fingerprint density at radius 3 is 2.64 bits per heavy atom. The molecule has 0 radical (unpaired) electrons. The van der Waals surface area contributed by atoms with Crippen molar-refractivity contribution in [2.24, 2.45) is 0 Å². The second-order valence-electron chi connectivity index (χ2n) is 2.73. The summed E-state index contributed by atoms with van der Waals surface area (Å²) < 4.78 is 5.40. The lowest BCUT2D eigenvalue weighted by atomic mass is 10.1. The average Bonchev–Trinajstić information content (AvgIpc) is 2.26. The van der Waals surface area contributed by atoms with E-state index in [-0.39, 0.29) is 0 Å². The molecule has 1 nitrogen and oxygen atoms in total. The summed E-state index contributed by atoms with van der Waals surface area (Å²) in [5, 5.41) is 1.07. The molecule has 11 heavy (non-hydrogen) atoms. The van der Waals surface area contributed by atoms with E-state index in [0.717, 1.165) is 23.3 Å². The zero-order valence-corrected chi connectivity index (χ0v) is 8.57. The number of aryl methyl sites for hydroxylation is 3. The van der Waals surface area contributed by atoms with Crippen LogP contribution >= 0.6 is 15.9 Å². The predicted molar refractivity (Wildman–Crippen MR) is 50.3 cm³/mol. The molecule has 1 rings (SSSR count).